The Morgan fingerprint density at radius 3 is 2.26 bits per heavy atom. The van der Waals surface area contributed by atoms with Crippen LogP contribution < -0.4 is 20.2 Å². The van der Waals surface area contributed by atoms with Crippen LogP contribution in [0.4, 0.5) is 5.69 Å². The minimum atomic E-state index is -0.936. The summed E-state index contributed by atoms with van der Waals surface area (Å²) in [7, 11) is 0. The molecule has 34 heavy (non-hydrogen) atoms. The van der Waals surface area contributed by atoms with Crippen LogP contribution in [0.3, 0.4) is 0 Å². The van der Waals surface area contributed by atoms with E-state index in [1.54, 1.807) is 66.7 Å². The molecule has 0 aliphatic heterocycles. The van der Waals surface area contributed by atoms with Gasteiger partial charge in [-0.15, -0.1) is 0 Å². The summed E-state index contributed by atoms with van der Waals surface area (Å²) >= 11 is 6.01. The zero-order valence-corrected chi connectivity index (χ0v) is 19.3. The molecule has 0 unspecified atom stereocenters. The molecule has 3 aromatic carbocycles. The van der Waals surface area contributed by atoms with Crippen molar-refractivity contribution in [3.8, 4) is 11.5 Å². The predicted octanol–water partition coefficient (Wildman–Crippen LogP) is 4.36. The fourth-order valence-electron chi connectivity index (χ4n) is 2.72. The highest BCUT2D eigenvalue weighted by Gasteiger charge is 2.13. The molecule has 0 spiro atoms. The van der Waals surface area contributed by atoms with Crippen molar-refractivity contribution in [3.63, 3.8) is 0 Å². The van der Waals surface area contributed by atoms with Gasteiger partial charge in [0.2, 0.25) is 0 Å². The zero-order valence-electron chi connectivity index (χ0n) is 18.5. The number of hydrogen-bond donors (Lipinski definition) is 2. The first kappa shape index (κ1) is 24.5. The average molecular weight is 480 g/mol. The SMILES string of the molecule is CCOc1ccc(C(=O)Oc2ccc(/C=N/NC(=O)C(=O)Nc3ccc(C)c(Cl)c3)cc2)cc1. The molecule has 0 heterocycles. The number of rotatable bonds is 7. The van der Waals surface area contributed by atoms with Crippen molar-refractivity contribution in [1.82, 2.24) is 5.43 Å². The van der Waals surface area contributed by atoms with Crippen molar-refractivity contribution in [2.75, 3.05) is 11.9 Å². The Balaban J connectivity index is 1.50. The molecule has 0 fully saturated rings. The highest BCUT2D eigenvalue weighted by molar-refractivity contribution is 6.39. The summed E-state index contributed by atoms with van der Waals surface area (Å²) in [5.74, 6) is -1.30. The number of esters is 1. The van der Waals surface area contributed by atoms with Crippen LogP contribution in [0.1, 0.15) is 28.4 Å². The lowest BCUT2D eigenvalue weighted by molar-refractivity contribution is -0.136. The topological polar surface area (TPSA) is 106 Å². The quantitative estimate of drug-likeness (QED) is 0.172. The van der Waals surface area contributed by atoms with Gasteiger partial charge in [0.25, 0.3) is 0 Å². The van der Waals surface area contributed by atoms with Crippen LogP contribution in [0.2, 0.25) is 5.02 Å². The van der Waals surface area contributed by atoms with Crippen molar-refractivity contribution < 1.29 is 23.9 Å². The largest absolute Gasteiger partial charge is 0.494 e. The van der Waals surface area contributed by atoms with Gasteiger partial charge in [-0.1, -0.05) is 17.7 Å². The molecule has 9 heteroatoms. The van der Waals surface area contributed by atoms with Crippen LogP contribution in [-0.4, -0.2) is 30.6 Å². The lowest BCUT2D eigenvalue weighted by Crippen LogP contribution is -2.32. The second-order valence-corrected chi connectivity index (χ2v) is 7.44. The summed E-state index contributed by atoms with van der Waals surface area (Å²) in [6.45, 7) is 4.25. The van der Waals surface area contributed by atoms with Gasteiger partial charge in [-0.3, -0.25) is 9.59 Å². The normalized spacial score (nSPS) is 10.6. The van der Waals surface area contributed by atoms with Crippen molar-refractivity contribution >= 4 is 41.3 Å². The fraction of sp³-hybridized carbons (Fsp3) is 0.120. The molecule has 2 amide bonds. The number of nitrogens with zero attached hydrogens (tertiary/aromatic N) is 1. The fourth-order valence-corrected chi connectivity index (χ4v) is 2.90. The molecule has 0 aliphatic rings. The Bertz CT molecular complexity index is 1210. The van der Waals surface area contributed by atoms with E-state index in [9.17, 15) is 14.4 Å². The molecular weight excluding hydrogens is 458 g/mol. The third-order valence-corrected chi connectivity index (χ3v) is 4.91. The van der Waals surface area contributed by atoms with E-state index in [1.165, 1.54) is 6.21 Å². The Labute approximate surface area is 201 Å². The van der Waals surface area contributed by atoms with Crippen LogP contribution in [0.15, 0.2) is 71.8 Å². The maximum Gasteiger partial charge on any atom is 0.343 e. The smallest absolute Gasteiger partial charge is 0.343 e. The van der Waals surface area contributed by atoms with Gasteiger partial charge in [0, 0.05) is 10.7 Å². The number of carbonyl (C=O) groups is 3. The number of aryl methyl sites for hydroxylation is 1. The molecule has 0 atom stereocenters. The average Bonchev–Trinajstić information content (AvgIpc) is 2.83. The lowest BCUT2D eigenvalue weighted by Gasteiger charge is -2.06. The first-order valence-electron chi connectivity index (χ1n) is 10.3. The van der Waals surface area contributed by atoms with E-state index in [0.717, 1.165) is 5.56 Å². The maximum atomic E-state index is 12.3. The number of hydrogen-bond acceptors (Lipinski definition) is 6. The zero-order chi connectivity index (χ0) is 24.5. The number of amides is 2. The van der Waals surface area contributed by atoms with Gasteiger partial charge in [-0.2, -0.15) is 5.10 Å². The van der Waals surface area contributed by atoms with E-state index < -0.39 is 17.8 Å². The molecule has 2 N–H and O–H groups in total. The van der Waals surface area contributed by atoms with Crippen molar-refractivity contribution in [2.45, 2.75) is 13.8 Å². The Kier molecular flexibility index (Phi) is 8.37. The third kappa shape index (κ3) is 6.91. The Morgan fingerprint density at radius 1 is 0.941 bits per heavy atom. The van der Waals surface area contributed by atoms with Gasteiger partial charge in [-0.05, 0) is 85.6 Å². The molecule has 3 rings (SSSR count). The number of hydrazone groups is 1. The van der Waals surface area contributed by atoms with Gasteiger partial charge in [0.1, 0.15) is 11.5 Å². The minimum Gasteiger partial charge on any atom is -0.494 e. The highest BCUT2D eigenvalue weighted by Crippen LogP contribution is 2.20. The summed E-state index contributed by atoms with van der Waals surface area (Å²) in [5, 5.41) is 6.69. The molecule has 3 aromatic rings. The van der Waals surface area contributed by atoms with Gasteiger partial charge in [0.05, 0.1) is 18.4 Å². The molecule has 174 valence electrons. The number of ether oxygens (including phenoxy) is 2. The number of benzene rings is 3. The van der Waals surface area contributed by atoms with E-state index in [-0.39, 0.29) is 0 Å². The second-order valence-electron chi connectivity index (χ2n) is 7.03. The number of nitrogens with one attached hydrogen (secondary N) is 2. The first-order valence-corrected chi connectivity index (χ1v) is 10.7. The van der Waals surface area contributed by atoms with Crippen molar-refractivity contribution in [1.29, 1.82) is 0 Å². The number of halogens is 1. The molecular formula is C25H22ClN3O5. The van der Waals surface area contributed by atoms with E-state index in [0.29, 0.717) is 39.9 Å². The van der Waals surface area contributed by atoms with E-state index in [4.69, 9.17) is 21.1 Å². The van der Waals surface area contributed by atoms with Gasteiger partial charge < -0.3 is 14.8 Å². The second kappa shape index (κ2) is 11.6. The minimum absolute atomic E-state index is 0.344. The first-order chi connectivity index (χ1) is 16.4. The van der Waals surface area contributed by atoms with Gasteiger partial charge in [0.15, 0.2) is 0 Å². The summed E-state index contributed by atoms with van der Waals surface area (Å²) in [5.41, 5.74) is 4.41. The summed E-state index contributed by atoms with van der Waals surface area (Å²) in [6, 6.07) is 18.0. The molecule has 0 saturated heterocycles. The van der Waals surface area contributed by atoms with Crippen LogP contribution in [0.5, 0.6) is 11.5 Å². The molecule has 0 radical (unpaired) electrons. The van der Waals surface area contributed by atoms with E-state index in [1.807, 2.05) is 13.8 Å². The molecule has 0 saturated carbocycles. The monoisotopic (exact) mass is 479 g/mol. The molecule has 8 nitrogen and oxygen atoms in total. The van der Waals surface area contributed by atoms with Crippen LogP contribution >= 0.6 is 11.6 Å². The third-order valence-electron chi connectivity index (χ3n) is 4.51. The number of anilines is 1. The standard InChI is InChI=1S/C25H22ClN3O5/c1-3-33-20-12-7-18(8-13-20)25(32)34-21-10-5-17(6-11-21)15-27-29-24(31)23(30)28-19-9-4-16(2)22(26)14-19/h4-15H,3H2,1-2H3,(H,28,30)(H,29,31)/b27-15+. The number of carbonyl (C=O) groups excluding carboxylic acids is 3. The van der Waals surface area contributed by atoms with Crippen LogP contribution in [-0.2, 0) is 9.59 Å². The van der Waals surface area contributed by atoms with Crippen LogP contribution in [0.25, 0.3) is 0 Å². The maximum absolute atomic E-state index is 12.3. The summed E-state index contributed by atoms with van der Waals surface area (Å²) in [4.78, 5) is 36.2. The van der Waals surface area contributed by atoms with E-state index in [2.05, 4.69) is 15.8 Å². The Morgan fingerprint density at radius 2 is 1.62 bits per heavy atom. The molecule has 0 aliphatic carbocycles. The van der Waals surface area contributed by atoms with Gasteiger partial charge in [-0.25, -0.2) is 10.2 Å². The lowest BCUT2D eigenvalue weighted by atomic mass is 10.2. The van der Waals surface area contributed by atoms with Crippen molar-refractivity contribution in [3.05, 3.63) is 88.4 Å². The summed E-state index contributed by atoms with van der Waals surface area (Å²) < 4.78 is 10.7. The molecule has 0 aromatic heterocycles. The molecule has 0 bridgehead atoms. The van der Waals surface area contributed by atoms with Gasteiger partial charge >= 0.3 is 17.8 Å². The Hall–Kier alpha value is -4.17. The van der Waals surface area contributed by atoms with E-state index >= 15 is 0 Å². The van der Waals surface area contributed by atoms with Crippen LogP contribution in [0, 0.1) is 6.92 Å². The van der Waals surface area contributed by atoms with Crippen molar-refractivity contribution in [2.24, 2.45) is 5.10 Å². The predicted molar refractivity (Wildman–Crippen MR) is 130 cm³/mol. The summed E-state index contributed by atoms with van der Waals surface area (Å²) in [6.07, 6.45) is 1.35. The highest BCUT2D eigenvalue weighted by atomic mass is 35.5.